The van der Waals surface area contributed by atoms with Gasteiger partial charge in [0.05, 0.1) is 29.9 Å². The summed E-state index contributed by atoms with van der Waals surface area (Å²) in [5, 5.41) is 3.05. The van der Waals surface area contributed by atoms with Gasteiger partial charge in [0.2, 0.25) is 11.8 Å². The molecule has 3 rings (SSSR count). The van der Waals surface area contributed by atoms with E-state index in [1.807, 2.05) is 20.8 Å². The first kappa shape index (κ1) is 19.7. The molecular weight excluding hydrogens is 418 g/mol. The van der Waals surface area contributed by atoms with E-state index in [1.54, 1.807) is 11.1 Å². The molecule has 2 aliphatic heterocycles. The number of urea groups is 1. The summed E-state index contributed by atoms with van der Waals surface area (Å²) in [6.07, 6.45) is 2.52. The lowest BCUT2D eigenvalue weighted by Crippen LogP contribution is -2.54. The summed E-state index contributed by atoms with van der Waals surface area (Å²) < 4.78 is 11.2. The van der Waals surface area contributed by atoms with Crippen LogP contribution < -0.4 is 15.0 Å². The zero-order chi connectivity index (χ0) is 19.8. The van der Waals surface area contributed by atoms with Crippen molar-refractivity contribution in [1.82, 2.24) is 20.2 Å². The van der Waals surface area contributed by atoms with Crippen molar-refractivity contribution in [2.75, 3.05) is 31.6 Å². The summed E-state index contributed by atoms with van der Waals surface area (Å²) in [5.41, 5.74) is -0.929. The highest BCUT2D eigenvalue weighted by Gasteiger charge is 2.46. The highest BCUT2D eigenvalue weighted by atomic mass is 79.9. The largest absolute Gasteiger partial charge is 0.480 e. The molecule has 0 unspecified atom stereocenters. The standard InChI is InChI=1S/C17H24BrN5O4/c1-16(2,3)27-15(25)22-7-5-17(6-8-22)10-23(14(24)21-17)13-19-9-11(18)12(20-13)26-4/h9H,5-8,10H2,1-4H3,(H,21,24). The van der Waals surface area contributed by atoms with Crippen LogP contribution in [-0.4, -0.2) is 64.9 Å². The van der Waals surface area contributed by atoms with Crippen molar-refractivity contribution in [1.29, 1.82) is 0 Å². The summed E-state index contributed by atoms with van der Waals surface area (Å²) in [7, 11) is 1.51. The van der Waals surface area contributed by atoms with Crippen LogP contribution in [0.25, 0.3) is 0 Å². The second-order valence-corrected chi connectivity index (χ2v) is 8.65. The molecule has 0 radical (unpaired) electrons. The molecule has 0 atom stereocenters. The van der Waals surface area contributed by atoms with Crippen LogP contribution in [0.2, 0.25) is 0 Å². The smallest absolute Gasteiger partial charge is 0.410 e. The first-order valence-corrected chi connectivity index (χ1v) is 9.56. The number of piperidine rings is 1. The van der Waals surface area contributed by atoms with Gasteiger partial charge in [0, 0.05) is 13.1 Å². The molecule has 0 bridgehead atoms. The Labute approximate surface area is 166 Å². The number of aromatic nitrogens is 2. The number of hydrogen-bond acceptors (Lipinski definition) is 6. The molecule has 10 heteroatoms. The van der Waals surface area contributed by atoms with E-state index in [9.17, 15) is 9.59 Å². The van der Waals surface area contributed by atoms with Gasteiger partial charge in [-0.2, -0.15) is 4.98 Å². The van der Waals surface area contributed by atoms with E-state index in [1.165, 1.54) is 12.0 Å². The average molecular weight is 442 g/mol. The van der Waals surface area contributed by atoms with Crippen LogP contribution in [0, 0.1) is 0 Å². The Kier molecular flexibility index (Phi) is 5.20. The normalized spacial score (nSPS) is 19.2. The Morgan fingerprint density at radius 3 is 2.59 bits per heavy atom. The van der Waals surface area contributed by atoms with Gasteiger partial charge in [0.1, 0.15) is 5.60 Å². The van der Waals surface area contributed by atoms with Crippen LogP contribution in [0.3, 0.4) is 0 Å². The van der Waals surface area contributed by atoms with Crippen molar-refractivity contribution in [2.45, 2.75) is 44.8 Å². The second-order valence-electron chi connectivity index (χ2n) is 7.79. The average Bonchev–Trinajstić information content (AvgIpc) is 2.90. The molecule has 3 amide bonds. The summed E-state index contributed by atoms with van der Waals surface area (Å²) in [5.74, 6) is 0.660. The maximum absolute atomic E-state index is 12.5. The third-order valence-electron chi connectivity index (χ3n) is 4.58. The van der Waals surface area contributed by atoms with Gasteiger partial charge < -0.3 is 19.7 Å². The van der Waals surface area contributed by atoms with Crippen LogP contribution >= 0.6 is 15.9 Å². The predicted octanol–water partition coefficient (Wildman–Crippen LogP) is 2.55. The maximum atomic E-state index is 12.5. The van der Waals surface area contributed by atoms with Gasteiger partial charge >= 0.3 is 12.1 Å². The molecule has 27 heavy (non-hydrogen) atoms. The van der Waals surface area contributed by atoms with Gasteiger partial charge in [0.15, 0.2) is 0 Å². The summed E-state index contributed by atoms with van der Waals surface area (Å²) in [4.78, 5) is 36.5. The van der Waals surface area contributed by atoms with Crippen LogP contribution in [0.4, 0.5) is 15.5 Å². The van der Waals surface area contributed by atoms with E-state index in [2.05, 4.69) is 31.2 Å². The van der Waals surface area contributed by atoms with Gasteiger partial charge in [-0.15, -0.1) is 0 Å². The topological polar surface area (TPSA) is 96.9 Å². The number of rotatable bonds is 2. The number of nitrogens with zero attached hydrogens (tertiary/aromatic N) is 4. The minimum absolute atomic E-state index is 0.245. The Bertz CT molecular complexity index is 743. The monoisotopic (exact) mass is 441 g/mol. The van der Waals surface area contributed by atoms with E-state index in [0.717, 1.165) is 0 Å². The van der Waals surface area contributed by atoms with E-state index >= 15 is 0 Å². The summed E-state index contributed by atoms with van der Waals surface area (Å²) >= 11 is 3.31. The molecule has 148 valence electrons. The minimum Gasteiger partial charge on any atom is -0.480 e. The van der Waals surface area contributed by atoms with Crippen LogP contribution in [-0.2, 0) is 4.74 Å². The van der Waals surface area contributed by atoms with E-state index in [-0.39, 0.29) is 12.1 Å². The Morgan fingerprint density at radius 1 is 1.33 bits per heavy atom. The van der Waals surface area contributed by atoms with Crippen molar-refractivity contribution in [3.05, 3.63) is 10.7 Å². The molecule has 3 heterocycles. The number of carbonyl (C=O) groups is 2. The Balaban J connectivity index is 1.67. The van der Waals surface area contributed by atoms with Crippen LogP contribution in [0.5, 0.6) is 5.88 Å². The van der Waals surface area contributed by atoms with Crippen molar-refractivity contribution in [3.63, 3.8) is 0 Å². The number of ether oxygens (including phenoxy) is 2. The van der Waals surface area contributed by atoms with Crippen molar-refractivity contribution < 1.29 is 19.1 Å². The highest BCUT2D eigenvalue weighted by molar-refractivity contribution is 9.10. The molecule has 9 nitrogen and oxygen atoms in total. The first-order valence-electron chi connectivity index (χ1n) is 8.77. The molecule has 2 saturated heterocycles. The van der Waals surface area contributed by atoms with Gasteiger partial charge in [-0.05, 0) is 49.5 Å². The number of nitrogens with one attached hydrogen (secondary N) is 1. The zero-order valence-electron chi connectivity index (χ0n) is 15.9. The summed E-state index contributed by atoms with van der Waals surface area (Å²) in [6, 6.07) is -0.245. The third-order valence-corrected chi connectivity index (χ3v) is 5.13. The number of hydrogen-bond donors (Lipinski definition) is 1. The fraction of sp³-hybridized carbons (Fsp3) is 0.647. The number of anilines is 1. The molecule has 0 aromatic carbocycles. The van der Waals surface area contributed by atoms with Gasteiger partial charge in [-0.3, -0.25) is 4.90 Å². The van der Waals surface area contributed by atoms with Crippen LogP contribution in [0.15, 0.2) is 10.7 Å². The lowest BCUT2D eigenvalue weighted by molar-refractivity contribution is 0.0167. The zero-order valence-corrected chi connectivity index (χ0v) is 17.5. The maximum Gasteiger partial charge on any atom is 0.410 e. The van der Waals surface area contributed by atoms with E-state index in [0.29, 0.717) is 48.8 Å². The molecule has 1 spiro atoms. The van der Waals surface area contributed by atoms with Crippen LogP contribution in [0.1, 0.15) is 33.6 Å². The van der Waals surface area contributed by atoms with E-state index < -0.39 is 11.1 Å². The number of amides is 3. The molecule has 2 aliphatic rings. The van der Waals surface area contributed by atoms with Crippen molar-refractivity contribution >= 4 is 34.0 Å². The third kappa shape index (κ3) is 4.26. The fourth-order valence-corrected chi connectivity index (χ4v) is 3.57. The molecule has 1 N–H and O–H groups in total. The quantitative estimate of drug-likeness (QED) is 0.756. The molecule has 1 aromatic heterocycles. The molecular formula is C17H24BrN5O4. The highest BCUT2D eigenvalue weighted by Crippen LogP contribution is 2.32. The molecule has 0 saturated carbocycles. The fourth-order valence-electron chi connectivity index (χ4n) is 3.21. The first-order chi connectivity index (χ1) is 12.6. The minimum atomic E-state index is -0.525. The predicted molar refractivity (Wildman–Crippen MR) is 102 cm³/mol. The summed E-state index contributed by atoms with van der Waals surface area (Å²) in [6.45, 7) is 7.02. The lowest BCUT2D eigenvalue weighted by atomic mass is 9.88. The van der Waals surface area contributed by atoms with Gasteiger partial charge in [-0.1, -0.05) is 0 Å². The Hall–Kier alpha value is -2.10. The van der Waals surface area contributed by atoms with Gasteiger partial charge in [0.25, 0.3) is 0 Å². The SMILES string of the molecule is COc1nc(N2CC3(CCN(C(=O)OC(C)(C)C)CC3)NC2=O)ncc1Br. The van der Waals surface area contributed by atoms with Crippen molar-refractivity contribution in [2.24, 2.45) is 0 Å². The number of halogens is 1. The van der Waals surface area contributed by atoms with E-state index in [4.69, 9.17) is 9.47 Å². The van der Waals surface area contributed by atoms with Crippen molar-refractivity contribution in [3.8, 4) is 5.88 Å². The molecule has 1 aromatic rings. The number of likely N-dealkylation sites (tertiary alicyclic amines) is 1. The molecule has 0 aliphatic carbocycles. The molecule has 2 fully saturated rings. The van der Waals surface area contributed by atoms with Gasteiger partial charge in [-0.25, -0.2) is 14.6 Å². The number of methoxy groups -OCH3 is 1. The number of carbonyl (C=O) groups excluding carboxylic acids is 2. The second kappa shape index (κ2) is 7.14. The lowest BCUT2D eigenvalue weighted by Gasteiger charge is -2.38. The Morgan fingerprint density at radius 2 is 2.00 bits per heavy atom.